The third-order valence-electron chi connectivity index (χ3n) is 5.66. The Labute approximate surface area is 144 Å². The van der Waals surface area contributed by atoms with E-state index >= 15 is 0 Å². The molecule has 1 saturated carbocycles. The number of thiophene rings is 2. The zero-order valence-electron chi connectivity index (χ0n) is 12.9. The van der Waals surface area contributed by atoms with E-state index in [9.17, 15) is 4.79 Å². The Bertz CT molecular complexity index is 760. The van der Waals surface area contributed by atoms with Gasteiger partial charge in [-0.3, -0.25) is 4.79 Å². The van der Waals surface area contributed by atoms with Gasteiger partial charge in [-0.1, -0.05) is 18.2 Å². The van der Waals surface area contributed by atoms with Crippen molar-refractivity contribution in [2.24, 2.45) is 17.8 Å². The van der Waals surface area contributed by atoms with Crippen LogP contribution < -0.4 is 0 Å². The van der Waals surface area contributed by atoms with Gasteiger partial charge in [0.25, 0.3) is 0 Å². The molecule has 0 spiro atoms. The summed E-state index contributed by atoms with van der Waals surface area (Å²) in [6.07, 6.45) is 7.87. The Kier molecular flexibility index (Phi) is 3.24. The molecule has 0 unspecified atom stereocenters. The first-order chi connectivity index (χ1) is 11.3. The molecular formula is C19H19NOS2. The van der Waals surface area contributed by atoms with Crippen LogP contribution in [-0.2, 0) is 11.2 Å². The number of hydrogen-bond donors (Lipinski definition) is 0. The summed E-state index contributed by atoms with van der Waals surface area (Å²) in [6.45, 7) is 0.868. The maximum absolute atomic E-state index is 13.3. The highest BCUT2D eigenvalue weighted by molar-refractivity contribution is 7.10. The van der Waals surface area contributed by atoms with Gasteiger partial charge in [0.15, 0.2) is 0 Å². The zero-order valence-corrected chi connectivity index (χ0v) is 14.5. The van der Waals surface area contributed by atoms with Crippen molar-refractivity contribution in [1.29, 1.82) is 0 Å². The Morgan fingerprint density at radius 1 is 1.13 bits per heavy atom. The molecule has 5 rings (SSSR count). The van der Waals surface area contributed by atoms with Crippen LogP contribution in [0.2, 0.25) is 0 Å². The summed E-state index contributed by atoms with van der Waals surface area (Å²) < 4.78 is 0. The Morgan fingerprint density at radius 2 is 2.09 bits per heavy atom. The number of nitrogens with zero attached hydrogens (tertiary/aromatic N) is 1. The number of allylic oxidation sites excluding steroid dienone is 2. The van der Waals surface area contributed by atoms with Crippen LogP contribution >= 0.6 is 22.7 Å². The molecular weight excluding hydrogens is 322 g/mol. The fraction of sp³-hybridized carbons (Fsp3) is 0.421. The van der Waals surface area contributed by atoms with Crippen molar-refractivity contribution in [2.75, 3.05) is 6.54 Å². The molecule has 4 heteroatoms. The van der Waals surface area contributed by atoms with Gasteiger partial charge in [0.1, 0.15) is 0 Å². The molecule has 0 saturated heterocycles. The van der Waals surface area contributed by atoms with Crippen molar-refractivity contribution < 1.29 is 4.79 Å². The lowest BCUT2D eigenvalue weighted by atomic mass is 9.89. The van der Waals surface area contributed by atoms with Crippen molar-refractivity contribution >= 4 is 28.6 Å². The van der Waals surface area contributed by atoms with E-state index in [1.165, 1.54) is 21.7 Å². The molecule has 0 N–H and O–H groups in total. The second-order valence-corrected chi connectivity index (χ2v) is 8.87. The fourth-order valence-electron chi connectivity index (χ4n) is 4.59. The molecule has 3 aliphatic rings. The molecule has 2 aliphatic carbocycles. The maximum atomic E-state index is 13.3. The number of amides is 1. The van der Waals surface area contributed by atoms with Crippen LogP contribution in [-0.4, -0.2) is 17.4 Å². The van der Waals surface area contributed by atoms with Gasteiger partial charge >= 0.3 is 0 Å². The highest BCUT2D eigenvalue weighted by atomic mass is 32.1. The molecule has 3 heterocycles. The van der Waals surface area contributed by atoms with Gasteiger partial charge in [-0.15, -0.1) is 22.7 Å². The van der Waals surface area contributed by atoms with Gasteiger partial charge in [0.05, 0.1) is 6.04 Å². The monoisotopic (exact) mass is 341 g/mol. The van der Waals surface area contributed by atoms with E-state index < -0.39 is 0 Å². The lowest BCUT2D eigenvalue weighted by molar-refractivity contribution is -0.138. The van der Waals surface area contributed by atoms with Crippen molar-refractivity contribution in [3.8, 4) is 0 Å². The first-order valence-corrected chi connectivity index (χ1v) is 10.2. The Hall–Kier alpha value is -1.39. The lowest BCUT2D eigenvalue weighted by Crippen LogP contribution is -2.43. The fourth-order valence-corrected chi connectivity index (χ4v) is 6.34. The van der Waals surface area contributed by atoms with Crippen LogP contribution in [0, 0.1) is 17.8 Å². The average Bonchev–Trinajstić information content (AvgIpc) is 3.37. The summed E-state index contributed by atoms with van der Waals surface area (Å²) in [6, 6.07) is 6.65. The largest absolute Gasteiger partial charge is 0.330 e. The third-order valence-corrected chi connectivity index (χ3v) is 7.58. The summed E-state index contributed by atoms with van der Waals surface area (Å²) in [5.74, 6) is 1.74. The highest BCUT2D eigenvalue weighted by Gasteiger charge is 2.44. The summed E-state index contributed by atoms with van der Waals surface area (Å²) in [5, 5.41) is 4.30. The van der Waals surface area contributed by atoms with E-state index in [0.29, 0.717) is 17.7 Å². The number of carbonyl (C=O) groups is 1. The normalized spacial score (nSPS) is 31.6. The number of carbonyl (C=O) groups excluding carboxylic acids is 1. The first-order valence-electron chi connectivity index (χ1n) is 8.40. The number of hydrogen-bond acceptors (Lipinski definition) is 3. The molecule has 23 heavy (non-hydrogen) atoms. The van der Waals surface area contributed by atoms with Gasteiger partial charge in [-0.05, 0) is 59.6 Å². The van der Waals surface area contributed by atoms with Crippen molar-refractivity contribution in [1.82, 2.24) is 4.90 Å². The molecule has 1 fully saturated rings. The predicted molar refractivity (Wildman–Crippen MR) is 94.7 cm³/mol. The minimum Gasteiger partial charge on any atom is -0.330 e. The smallest absolute Gasteiger partial charge is 0.227 e. The van der Waals surface area contributed by atoms with Gasteiger partial charge in [0.2, 0.25) is 5.91 Å². The average molecular weight is 342 g/mol. The minimum atomic E-state index is 0.139. The second kappa shape index (κ2) is 5.32. The minimum absolute atomic E-state index is 0.139. The van der Waals surface area contributed by atoms with Crippen LogP contribution in [0.15, 0.2) is 41.1 Å². The van der Waals surface area contributed by atoms with E-state index in [1.54, 1.807) is 11.3 Å². The van der Waals surface area contributed by atoms with Gasteiger partial charge in [-0.2, -0.15) is 0 Å². The predicted octanol–water partition coefficient (Wildman–Crippen LogP) is 4.50. The molecule has 0 radical (unpaired) electrons. The molecule has 2 nitrogen and oxygen atoms in total. The summed E-state index contributed by atoms with van der Waals surface area (Å²) in [4.78, 5) is 18.3. The molecule has 0 aromatic carbocycles. The first kappa shape index (κ1) is 14.0. The van der Waals surface area contributed by atoms with E-state index in [0.717, 1.165) is 19.4 Å². The highest BCUT2D eigenvalue weighted by Crippen LogP contribution is 2.47. The Morgan fingerprint density at radius 3 is 2.83 bits per heavy atom. The second-order valence-electron chi connectivity index (χ2n) is 6.89. The third kappa shape index (κ3) is 2.15. The van der Waals surface area contributed by atoms with E-state index in [1.807, 2.05) is 11.3 Å². The van der Waals surface area contributed by atoms with Crippen LogP contribution in [0.25, 0.3) is 0 Å². The van der Waals surface area contributed by atoms with Crippen LogP contribution in [0.3, 0.4) is 0 Å². The lowest BCUT2D eigenvalue weighted by Gasteiger charge is -2.38. The van der Waals surface area contributed by atoms with Gasteiger partial charge in [-0.25, -0.2) is 0 Å². The van der Waals surface area contributed by atoms with Crippen molar-refractivity contribution in [2.45, 2.75) is 25.3 Å². The van der Waals surface area contributed by atoms with Crippen molar-refractivity contribution in [3.05, 3.63) is 56.4 Å². The van der Waals surface area contributed by atoms with Crippen LogP contribution in [0.4, 0.5) is 0 Å². The van der Waals surface area contributed by atoms with E-state index in [2.05, 4.69) is 46.0 Å². The molecule has 2 aromatic rings. The van der Waals surface area contributed by atoms with Crippen LogP contribution in [0.5, 0.6) is 0 Å². The summed E-state index contributed by atoms with van der Waals surface area (Å²) >= 11 is 3.61. The molecule has 118 valence electrons. The van der Waals surface area contributed by atoms with Gasteiger partial charge < -0.3 is 4.90 Å². The quantitative estimate of drug-likeness (QED) is 0.737. The maximum Gasteiger partial charge on any atom is 0.227 e. The Balaban J connectivity index is 1.51. The molecule has 1 amide bonds. The van der Waals surface area contributed by atoms with Crippen LogP contribution in [0.1, 0.15) is 34.2 Å². The molecule has 2 aromatic heterocycles. The van der Waals surface area contributed by atoms with E-state index in [4.69, 9.17) is 0 Å². The SMILES string of the molecule is O=C([C@H]1C[C@H]2C=C[C@H]1C2)N1CCc2sccc2[C@H]1c1cccs1. The number of fused-ring (bicyclic) bond motifs is 3. The van der Waals surface area contributed by atoms with Gasteiger partial charge in [0, 0.05) is 22.2 Å². The topological polar surface area (TPSA) is 20.3 Å². The molecule has 1 aliphatic heterocycles. The summed E-state index contributed by atoms with van der Waals surface area (Å²) in [7, 11) is 0. The molecule has 4 atom stereocenters. The number of rotatable bonds is 2. The van der Waals surface area contributed by atoms with E-state index in [-0.39, 0.29) is 12.0 Å². The van der Waals surface area contributed by atoms with Crippen molar-refractivity contribution in [3.63, 3.8) is 0 Å². The zero-order chi connectivity index (χ0) is 15.4. The standard InChI is InChI=1S/C19H19NOS2/c21-19(15-11-12-3-4-13(15)10-12)20-7-5-16-14(6-9-23-16)18(20)17-2-1-8-22-17/h1-4,6,8-9,12-13,15,18H,5,7,10-11H2/t12-,13-,15-,18-/m0/s1. The molecule has 2 bridgehead atoms. The summed E-state index contributed by atoms with van der Waals surface area (Å²) in [5.41, 5.74) is 1.36.